The first kappa shape index (κ1) is 10.8. The van der Waals surface area contributed by atoms with Crippen molar-refractivity contribution < 1.29 is 0 Å². The molecule has 16 heavy (non-hydrogen) atoms. The van der Waals surface area contributed by atoms with Crippen molar-refractivity contribution in [1.82, 2.24) is 10.3 Å². The summed E-state index contributed by atoms with van der Waals surface area (Å²) in [5.74, 6) is 0. The minimum Gasteiger partial charge on any atom is -0.313 e. The lowest BCUT2D eigenvalue weighted by Crippen LogP contribution is -2.11. The number of nitrogens with one attached hydrogen (secondary N) is 1. The standard InChI is InChI=1S/C14H16N2/c1-2-15-10-12-5-7-13(8-6-12)14-4-3-9-16-11-14/h3-9,11,15H,2,10H2,1H3. The highest BCUT2D eigenvalue weighted by Crippen LogP contribution is 2.18. The molecule has 0 spiro atoms. The monoisotopic (exact) mass is 212 g/mol. The van der Waals surface area contributed by atoms with Crippen molar-refractivity contribution in [1.29, 1.82) is 0 Å². The molecular weight excluding hydrogens is 196 g/mol. The van der Waals surface area contributed by atoms with Gasteiger partial charge in [0.2, 0.25) is 0 Å². The van der Waals surface area contributed by atoms with Gasteiger partial charge < -0.3 is 5.32 Å². The highest BCUT2D eigenvalue weighted by molar-refractivity contribution is 5.62. The zero-order chi connectivity index (χ0) is 11.2. The fourth-order valence-corrected chi connectivity index (χ4v) is 1.62. The third-order valence-electron chi connectivity index (χ3n) is 2.53. The van der Waals surface area contributed by atoms with Gasteiger partial charge in [-0.05, 0) is 29.3 Å². The molecule has 0 aliphatic carbocycles. The van der Waals surface area contributed by atoms with E-state index in [9.17, 15) is 0 Å². The van der Waals surface area contributed by atoms with Crippen molar-refractivity contribution in [3.8, 4) is 11.1 Å². The van der Waals surface area contributed by atoms with Gasteiger partial charge in [0, 0.05) is 18.9 Å². The minimum absolute atomic E-state index is 0.934. The molecule has 0 aliphatic heterocycles. The van der Waals surface area contributed by atoms with Gasteiger partial charge in [-0.15, -0.1) is 0 Å². The predicted molar refractivity (Wildman–Crippen MR) is 67.1 cm³/mol. The number of aromatic nitrogens is 1. The number of nitrogens with zero attached hydrogens (tertiary/aromatic N) is 1. The maximum Gasteiger partial charge on any atom is 0.0346 e. The average Bonchev–Trinajstić information content (AvgIpc) is 2.38. The first-order valence-corrected chi connectivity index (χ1v) is 5.60. The van der Waals surface area contributed by atoms with E-state index in [0.717, 1.165) is 18.7 Å². The lowest BCUT2D eigenvalue weighted by molar-refractivity contribution is 0.727. The molecule has 0 saturated heterocycles. The van der Waals surface area contributed by atoms with Crippen LogP contribution in [0.1, 0.15) is 12.5 Å². The van der Waals surface area contributed by atoms with Crippen molar-refractivity contribution in [2.45, 2.75) is 13.5 Å². The first-order chi connectivity index (χ1) is 7.90. The Morgan fingerprint density at radius 1 is 1.06 bits per heavy atom. The van der Waals surface area contributed by atoms with E-state index in [1.165, 1.54) is 11.1 Å². The van der Waals surface area contributed by atoms with E-state index >= 15 is 0 Å². The maximum absolute atomic E-state index is 4.12. The van der Waals surface area contributed by atoms with Gasteiger partial charge >= 0.3 is 0 Å². The number of pyridine rings is 1. The summed E-state index contributed by atoms with van der Waals surface area (Å²) in [6.07, 6.45) is 3.68. The SMILES string of the molecule is CCNCc1ccc(-c2cccnc2)cc1. The van der Waals surface area contributed by atoms with Crippen LogP contribution in [0.4, 0.5) is 0 Å². The largest absolute Gasteiger partial charge is 0.313 e. The van der Waals surface area contributed by atoms with Gasteiger partial charge in [-0.1, -0.05) is 37.3 Å². The number of hydrogen-bond donors (Lipinski definition) is 1. The number of hydrogen-bond acceptors (Lipinski definition) is 2. The lowest BCUT2D eigenvalue weighted by atomic mass is 10.1. The first-order valence-electron chi connectivity index (χ1n) is 5.60. The predicted octanol–water partition coefficient (Wildman–Crippen LogP) is 2.86. The number of benzene rings is 1. The molecule has 2 heteroatoms. The molecule has 1 heterocycles. The van der Waals surface area contributed by atoms with Crippen LogP contribution in [0.5, 0.6) is 0 Å². The highest BCUT2D eigenvalue weighted by atomic mass is 14.8. The molecule has 2 aromatic rings. The summed E-state index contributed by atoms with van der Waals surface area (Å²) in [5, 5.41) is 3.31. The summed E-state index contributed by atoms with van der Waals surface area (Å²) in [6.45, 7) is 4.05. The highest BCUT2D eigenvalue weighted by Gasteiger charge is 1.97. The molecule has 2 rings (SSSR count). The third-order valence-corrected chi connectivity index (χ3v) is 2.53. The van der Waals surface area contributed by atoms with Crippen molar-refractivity contribution >= 4 is 0 Å². The van der Waals surface area contributed by atoms with Gasteiger partial charge in [0.15, 0.2) is 0 Å². The molecule has 0 amide bonds. The number of rotatable bonds is 4. The molecular formula is C14H16N2. The second kappa shape index (κ2) is 5.42. The van der Waals surface area contributed by atoms with Gasteiger partial charge in [-0.25, -0.2) is 0 Å². The van der Waals surface area contributed by atoms with E-state index in [1.54, 1.807) is 6.20 Å². The molecule has 82 valence electrons. The second-order valence-corrected chi connectivity index (χ2v) is 3.72. The third kappa shape index (κ3) is 2.67. The van der Waals surface area contributed by atoms with E-state index in [0.29, 0.717) is 0 Å². The van der Waals surface area contributed by atoms with Crippen LogP contribution in [-0.2, 0) is 6.54 Å². The average molecular weight is 212 g/mol. The Morgan fingerprint density at radius 2 is 1.88 bits per heavy atom. The molecule has 2 nitrogen and oxygen atoms in total. The van der Waals surface area contributed by atoms with Crippen LogP contribution in [-0.4, -0.2) is 11.5 Å². The molecule has 0 radical (unpaired) electrons. The summed E-state index contributed by atoms with van der Waals surface area (Å²) >= 11 is 0. The van der Waals surface area contributed by atoms with E-state index < -0.39 is 0 Å². The van der Waals surface area contributed by atoms with E-state index in [-0.39, 0.29) is 0 Å². The van der Waals surface area contributed by atoms with Gasteiger partial charge in [-0.2, -0.15) is 0 Å². The van der Waals surface area contributed by atoms with Crippen LogP contribution in [0.25, 0.3) is 11.1 Å². The van der Waals surface area contributed by atoms with Gasteiger partial charge in [0.25, 0.3) is 0 Å². The molecule has 1 N–H and O–H groups in total. The quantitative estimate of drug-likeness (QED) is 0.843. The lowest BCUT2D eigenvalue weighted by Gasteiger charge is -2.04. The summed E-state index contributed by atoms with van der Waals surface area (Å²) < 4.78 is 0. The smallest absolute Gasteiger partial charge is 0.0346 e. The molecule has 0 fully saturated rings. The Hall–Kier alpha value is -1.67. The fourth-order valence-electron chi connectivity index (χ4n) is 1.62. The van der Waals surface area contributed by atoms with E-state index in [2.05, 4.69) is 47.6 Å². The van der Waals surface area contributed by atoms with Crippen LogP contribution >= 0.6 is 0 Å². The Morgan fingerprint density at radius 3 is 2.50 bits per heavy atom. The Balaban J connectivity index is 2.13. The summed E-state index contributed by atoms with van der Waals surface area (Å²) in [6, 6.07) is 12.6. The van der Waals surface area contributed by atoms with E-state index in [1.807, 2.05) is 12.3 Å². The topological polar surface area (TPSA) is 24.9 Å². The zero-order valence-electron chi connectivity index (χ0n) is 9.48. The fraction of sp³-hybridized carbons (Fsp3) is 0.214. The minimum atomic E-state index is 0.934. The van der Waals surface area contributed by atoms with Crippen LogP contribution in [0.3, 0.4) is 0 Å². The van der Waals surface area contributed by atoms with Gasteiger partial charge in [-0.3, -0.25) is 4.98 Å². The molecule has 0 aliphatic rings. The van der Waals surface area contributed by atoms with Gasteiger partial charge in [0.1, 0.15) is 0 Å². The second-order valence-electron chi connectivity index (χ2n) is 3.72. The maximum atomic E-state index is 4.12. The molecule has 0 bridgehead atoms. The molecule has 0 saturated carbocycles. The molecule has 1 aromatic heterocycles. The molecule has 0 unspecified atom stereocenters. The Labute approximate surface area is 96.4 Å². The summed E-state index contributed by atoms with van der Waals surface area (Å²) in [5.41, 5.74) is 3.69. The molecule has 0 atom stereocenters. The van der Waals surface area contributed by atoms with Crippen LogP contribution in [0.15, 0.2) is 48.8 Å². The normalized spacial score (nSPS) is 10.3. The van der Waals surface area contributed by atoms with Crippen LogP contribution in [0.2, 0.25) is 0 Å². The van der Waals surface area contributed by atoms with Crippen molar-refractivity contribution in [2.24, 2.45) is 0 Å². The van der Waals surface area contributed by atoms with Crippen molar-refractivity contribution in [2.75, 3.05) is 6.54 Å². The zero-order valence-corrected chi connectivity index (χ0v) is 9.48. The van der Waals surface area contributed by atoms with Gasteiger partial charge in [0.05, 0.1) is 0 Å². The van der Waals surface area contributed by atoms with Crippen molar-refractivity contribution in [3.05, 3.63) is 54.4 Å². The Kier molecular flexibility index (Phi) is 3.67. The molecule has 1 aromatic carbocycles. The summed E-state index contributed by atoms with van der Waals surface area (Å²) in [4.78, 5) is 4.12. The Bertz CT molecular complexity index is 420. The van der Waals surface area contributed by atoms with Crippen LogP contribution < -0.4 is 5.32 Å². The van der Waals surface area contributed by atoms with Crippen molar-refractivity contribution in [3.63, 3.8) is 0 Å². The van der Waals surface area contributed by atoms with E-state index in [4.69, 9.17) is 0 Å². The van der Waals surface area contributed by atoms with Crippen LogP contribution in [0, 0.1) is 0 Å². The summed E-state index contributed by atoms with van der Waals surface area (Å²) in [7, 11) is 0.